The topological polar surface area (TPSA) is 72.7 Å². The maximum atomic E-state index is 9.09. The molecule has 0 radical (unpaired) electrons. The highest BCUT2D eigenvalue weighted by atomic mass is 16.7. The molecule has 0 saturated carbocycles. The van der Waals surface area contributed by atoms with Crippen molar-refractivity contribution in [2.75, 3.05) is 11.9 Å². The zero-order chi connectivity index (χ0) is 16.7. The maximum absolute atomic E-state index is 9.09. The van der Waals surface area contributed by atoms with Gasteiger partial charge in [0, 0.05) is 25.6 Å². The molecule has 0 aromatic heterocycles. The first kappa shape index (κ1) is 15.3. The fraction of sp³-hybridized carbons (Fsp3) is 0.471. The van der Waals surface area contributed by atoms with E-state index in [-0.39, 0.29) is 6.10 Å². The van der Waals surface area contributed by atoms with Crippen molar-refractivity contribution in [3.63, 3.8) is 0 Å². The van der Waals surface area contributed by atoms with Crippen LogP contribution in [-0.2, 0) is 9.47 Å². The van der Waals surface area contributed by atoms with Crippen molar-refractivity contribution in [1.82, 2.24) is 0 Å². The van der Waals surface area contributed by atoms with Crippen LogP contribution in [0.5, 0.6) is 11.5 Å². The third kappa shape index (κ3) is 3.29. The molecular weight excluding hydrogens is 296 g/mol. The first-order valence-electron chi connectivity index (χ1n) is 7.48. The molecule has 0 bridgehead atoms. The average molecular weight is 316 g/mol. The Hall–Kier alpha value is -2.55. The predicted molar refractivity (Wildman–Crippen MR) is 84.0 cm³/mol. The molecule has 23 heavy (non-hydrogen) atoms. The first-order valence-corrected chi connectivity index (χ1v) is 7.48. The molecule has 0 fully saturated rings. The van der Waals surface area contributed by atoms with E-state index in [1.54, 1.807) is 6.26 Å². The largest absolute Gasteiger partial charge is 0.485 e. The Morgan fingerprint density at radius 1 is 1.30 bits per heavy atom. The lowest BCUT2D eigenvalue weighted by atomic mass is 10.1. The van der Waals surface area contributed by atoms with Crippen LogP contribution in [-0.4, -0.2) is 24.0 Å². The second-order valence-electron chi connectivity index (χ2n) is 6.58. The summed E-state index contributed by atoms with van der Waals surface area (Å²) < 4.78 is 22.8. The number of nitrogens with one attached hydrogen (secondary N) is 1. The van der Waals surface area contributed by atoms with Crippen LogP contribution >= 0.6 is 0 Å². The van der Waals surface area contributed by atoms with E-state index in [1.807, 2.05) is 45.9 Å². The number of nitriles is 1. The molecule has 0 aliphatic carbocycles. The normalized spacial score (nSPS) is 21.5. The van der Waals surface area contributed by atoms with Gasteiger partial charge >= 0.3 is 0 Å². The van der Waals surface area contributed by atoms with Gasteiger partial charge in [-0.1, -0.05) is 0 Å². The van der Waals surface area contributed by atoms with Crippen LogP contribution in [0.1, 0.15) is 27.7 Å². The van der Waals surface area contributed by atoms with Crippen LogP contribution in [0.2, 0.25) is 0 Å². The van der Waals surface area contributed by atoms with E-state index in [2.05, 4.69) is 11.4 Å². The van der Waals surface area contributed by atoms with Crippen molar-refractivity contribution >= 4 is 5.69 Å². The van der Waals surface area contributed by atoms with E-state index in [9.17, 15) is 0 Å². The molecule has 0 saturated heterocycles. The van der Waals surface area contributed by atoms with E-state index in [1.165, 1.54) is 0 Å². The highest BCUT2D eigenvalue weighted by molar-refractivity contribution is 5.57. The molecule has 6 nitrogen and oxygen atoms in total. The molecule has 3 rings (SSSR count). The predicted octanol–water partition coefficient (Wildman–Crippen LogP) is 3.16. The highest BCUT2D eigenvalue weighted by Crippen LogP contribution is 2.38. The minimum Gasteiger partial charge on any atom is -0.485 e. The molecule has 6 heteroatoms. The fourth-order valence-electron chi connectivity index (χ4n) is 2.35. The summed E-state index contributed by atoms with van der Waals surface area (Å²) in [6.07, 6.45) is 1.24. The van der Waals surface area contributed by atoms with Crippen molar-refractivity contribution in [3.05, 3.63) is 30.2 Å². The van der Waals surface area contributed by atoms with E-state index >= 15 is 0 Å². The third-order valence-corrected chi connectivity index (χ3v) is 3.48. The zero-order valence-electron chi connectivity index (χ0n) is 13.7. The average Bonchev–Trinajstić information content (AvgIpc) is 2.86. The molecule has 0 amide bonds. The minimum absolute atomic E-state index is 0.335. The first-order chi connectivity index (χ1) is 10.8. The molecule has 0 unspecified atom stereocenters. The molecule has 1 N–H and O–H groups in total. The van der Waals surface area contributed by atoms with Crippen molar-refractivity contribution in [2.45, 2.75) is 45.1 Å². The molecule has 2 heterocycles. The van der Waals surface area contributed by atoms with E-state index < -0.39 is 11.3 Å². The van der Waals surface area contributed by atoms with Gasteiger partial charge < -0.3 is 24.3 Å². The number of anilines is 1. The standard InChI is InChI=1S/C17H20N2O4/c1-16(2,10-18)19-11-5-6-12-13(7-11)20-8-14(22-12)15-9-21-17(3,4)23-15/h5-7,9,14,19H,8H2,1-4H3/t14-/m0/s1. The molecule has 0 spiro atoms. The van der Waals surface area contributed by atoms with Gasteiger partial charge in [-0.3, -0.25) is 0 Å². The summed E-state index contributed by atoms with van der Waals surface area (Å²) in [5, 5.41) is 12.2. The van der Waals surface area contributed by atoms with Gasteiger partial charge in [-0.25, -0.2) is 0 Å². The molecular formula is C17H20N2O4. The van der Waals surface area contributed by atoms with Crippen LogP contribution < -0.4 is 14.8 Å². The Morgan fingerprint density at radius 3 is 2.74 bits per heavy atom. The Kier molecular flexibility index (Phi) is 3.52. The number of rotatable bonds is 3. The number of hydrogen-bond donors (Lipinski definition) is 1. The Labute approximate surface area is 135 Å². The van der Waals surface area contributed by atoms with Gasteiger partial charge in [-0.15, -0.1) is 0 Å². The lowest BCUT2D eigenvalue weighted by Crippen LogP contribution is -2.33. The summed E-state index contributed by atoms with van der Waals surface area (Å²) in [4.78, 5) is 0. The third-order valence-electron chi connectivity index (χ3n) is 3.48. The summed E-state index contributed by atoms with van der Waals surface area (Å²) in [5.41, 5.74) is 0.149. The lowest BCUT2D eigenvalue weighted by Gasteiger charge is -2.28. The summed E-state index contributed by atoms with van der Waals surface area (Å²) in [6, 6.07) is 7.70. The van der Waals surface area contributed by atoms with Crippen LogP contribution in [0.25, 0.3) is 0 Å². The number of benzene rings is 1. The van der Waals surface area contributed by atoms with Crippen molar-refractivity contribution in [2.24, 2.45) is 0 Å². The van der Waals surface area contributed by atoms with Crippen LogP contribution in [0.15, 0.2) is 30.2 Å². The highest BCUT2D eigenvalue weighted by Gasteiger charge is 2.35. The van der Waals surface area contributed by atoms with Gasteiger partial charge in [0.25, 0.3) is 0 Å². The number of ether oxygens (including phenoxy) is 4. The lowest BCUT2D eigenvalue weighted by molar-refractivity contribution is -0.125. The Bertz CT molecular complexity index is 688. The molecule has 2 aliphatic heterocycles. The summed E-state index contributed by atoms with van der Waals surface area (Å²) in [5.74, 6) is 1.22. The summed E-state index contributed by atoms with van der Waals surface area (Å²) in [7, 11) is 0. The zero-order valence-corrected chi connectivity index (χ0v) is 13.7. The van der Waals surface area contributed by atoms with Crippen molar-refractivity contribution in [3.8, 4) is 17.6 Å². The van der Waals surface area contributed by atoms with E-state index in [0.717, 1.165) is 5.69 Å². The van der Waals surface area contributed by atoms with Gasteiger partial charge in [-0.2, -0.15) is 5.26 Å². The SMILES string of the molecule is CC(C)(C#N)Nc1ccc2c(c1)OC[C@@H](C1=COC(C)(C)O1)O2. The van der Waals surface area contributed by atoms with Gasteiger partial charge in [-0.05, 0) is 26.0 Å². The number of hydrogen-bond acceptors (Lipinski definition) is 6. The molecule has 122 valence electrons. The Morgan fingerprint density at radius 2 is 2.09 bits per heavy atom. The molecule has 1 aromatic carbocycles. The summed E-state index contributed by atoms with van der Waals surface area (Å²) >= 11 is 0. The number of fused-ring (bicyclic) bond motifs is 1. The Balaban J connectivity index is 1.72. The van der Waals surface area contributed by atoms with E-state index in [4.69, 9.17) is 24.2 Å². The second kappa shape index (κ2) is 5.27. The van der Waals surface area contributed by atoms with Crippen LogP contribution in [0, 0.1) is 11.3 Å². The van der Waals surface area contributed by atoms with Crippen molar-refractivity contribution in [1.29, 1.82) is 5.26 Å². The second-order valence-corrected chi connectivity index (χ2v) is 6.58. The van der Waals surface area contributed by atoms with Crippen LogP contribution in [0.3, 0.4) is 0 Å². The van der Waals surface area contributed by atoms with E-state index in [0.29, 0.717) is 23.9 Å². The van der Waals surface area contributed by atoms with Gasteiger partial charge in [0.2, 0.25) is 5.79 Å². The maximum Gasteiger partial charge on any atom is 0.244 e. The number of nitrogens with zero attached hydrogens (tertiary/aromatic N) is 1. The monoisotopic (exact) mass is 316 g/mol. The fourth-order valence-corrected chi connectivity index (χ4v) is 2.35. The quantitative estimate of drug-likeness (QED) is 0.923. The van der Waals surface area contributed by atoms with Gasteiger partial charge in [0.05, 0.1) is 6.07 Å². The van der Waals surface area contributed by atoms with Gasteiger partial charge in [0.15, 0.2) is 23.4 Å². The minimum atomic E-state index is -0.671. The smallest absolute Gasteiger partial charge is 0.244 e. The van der Waals surface area contributed by atoms with Crippen molar-refractivity contribution < 1.29 is 18.9 Å². The molecule has 1 atom stereocenters. The molecule has 1 aromatic rings. The van der Waals surface area contributed by atoms with Crippen LogP contribution in [0.4, 0.5) is 5.69 Å². The van der Waals surface area contributed by atoms with Gasteiger partial charge in [0.1, 0.15) is 18.4 Å². The summed E-state index contributed by atoms with van der Waals surface area (Å²) in [6.45, 7) is 7.63. The molecule has 2 aliphatic rings.